The number of likely N-dealkylation sites (tertiary alicyclic amines) is 1. The van der Waals surface area contributed by atoms with Gasteiger partial charge < -0.3 is 10.6 Å². The number of nitrogens with zero attached hydrogens (tertiary/aromatic N) is 1. The molecule has 2 fully saturated rings. The van der Waals surface area contributed by atoms with Crippen LogP contribution in [-0.2, 0) is 0 Å². The molecule has 0 aromatic heterocycles. The third kappa shape index (κ3) is 2.94. The van der Waals surface area contributed by atoms with Gasteiger partial charge in [0, 0.05) is 19.1 Å². The van der Waals surface area contributed by atoms with Gasteiger partial charge in [0.2, 0.25) is 0 Å². The summed E-state index contributed by atoms with van der Waals surface area (Å²) < 4.78 is 0. The molecule has 2 aliphatic rings. The van der Waals surface area contributed by atoms with Crippen molar-refractivity contribution in [3.63, 3.8) is 0 Å². The monoisotopic (exact) mass is 210 g/mol. The van der Waals surface area contributed by atoms with E-state index in [9.17, 15) is 0 Å². The van der Waals surface area contributed by atoms with Crippen molar-refractivity contribution in [3.8, 4) is 0 Å². The zero-order chi connectivity index (χ0) is 10.7. The summed E-state index contributed by atoms with van der Waals surface area (Å²) in [5, 5.41) is 0. The highest BCUT2D eigenvalue weighted by atomic mass is 15.1. The predicted molar refractivity (Wildman–Crippen MR) is 64.8 cm³/mol. The molecule has 0 bridgehead atoms. The normalized spacial score (nSPS) is 37.6. The molecular formula is C13H26N2. The van der Waals surface area contributed by atoms with Crippen LogP contribution >= 0.6 is 0 Å². The van der Waals surface area contributed by atoms with Gasteiger partial charge in [-0.2, -0.15) is 0 Å². The van der Waals surface area contributed by atoms with Crippen molar-refractivity contribution in [1.82, 2.24) is 4.90 Å². The highest BCUT2D eigenvalue weighted by molar-refractivity contribution is 4.85. The molecular weight excluding hydrogens is 184 g/mol. The fourth-order valence-corrected chi connectivity index (χ4v) is 3.35. The lowest BCUT2D eigenvalue weighted by molar-refractivity contribution is 0.257. The molecule has 3 atom stereocenters. The first kappa shape index (κ1) is 11.4. The lowest BCUT2D eigenvalue weighted by Crippen LogP contribution is -2.35. The summed E-state index contributed by atoms with van der Waals surface area (Å²) in [5.74, 6) is 1.78. The second kappa shape index (κ2) is 5.31. The Morgan fingerprint density at radius 1 is 1.27 bits per heavy atom. The molecule has 2 rings (SSSR count). The Morgan fingerprint density at radius 2 is 2.13 bits per heavy atom. The van der Waals surface area contributed by atoms with Crippen LogP contribution < -0.4 is 5.73 Å². The van der Waals surface area contributed by atoms with Gasteiger partial charge in [-0.3, -0.25) is 0 Å². The first-order valence-electron chi connectivity index (χ1n) is 6.77. The maximum atomic E-state index is 6.12. The molecule has 88 valence electrons. The van der Waals surface area contributed by atoms with Gasteiger partial charge in [0.15, 0.2) is 0 Å². The summed E-state index contributed by atoms with van der Waals surface area (Å²) in [6, 6.07) is 0.496. The largest absolute Gasteiger partial charge is 0.327 e. The number of hydrogen-bond donors (Lipinski definition) is 1. The number of rotatable bonds is 4. The quantitative estimate of drug-likeness (QED) is 0.771. The van der Waals surface area contributed by atoms with Crippen LogP contribution in [0, 0.1) is 11.8 Å². The van der Waals surface area contributed by atoms with E-state index in [0.717, 1.165) is 11.8 Å². The molecule has 0 amide bonds. The molecule has 2 nitrogen and oxygen atoms in total. The van der Waals surface area contributed by atoms with Gasteiger partial charge in [-0.1, -0.05) is 19.8 Å². The lowest BCUT2D eigenvalue weighted by Gasteiger charge is -2.23. The van der Waals surface area contributed by atoms with Crippen molar-refractivity contribution in [3.05, 3.63) is 0 Å². The third-order valence-corrected chi connectivity index (χ3v) is 4.28. The summed E-state index contributed by atoms with van der Waals surface area (Å²) >= 11 is 0. The van der Waals surface area contributed by atoms with Gasteiger partial charge in [0.1, 0.15) is 0 Å². The van der Waals surface area contributed by atoms with Crippen molar-refractivity contribution in [2.75, 3.05) is 19.6 Å². The molecule has 3 unspecified atom stereocenters. The van der Waals surface area contributed by atoms with E-state index in [1.807, 2.05) is 0 Å². The van der Waals surface area contributed by atoms with E-state index in [4.69, 9.17) is 5.73 Å². The van der Waals surface area contributed by atoms with Crippen molar-refractivity contribution in [2.45, 2.75) is 51.5 Å². The molecule has 2 heteroatoms. The summed E-state index contributed by atoms with van der Waals surface area (Å²) in [7, 11) is 0. The summed E-state index contributed by atoms with van der Waals surface area (Å²) in [6.07, 6.45) is 8.19. The summed E-state index contributed by atoms with van der Waals surface area (Å²) in [5.41, 5.74) is 6.12. The number of nitrogens with two attached hydrogens (primary N) is 1. The van der Waals surface area contributed by atoms with Gasteiger partial charge in [-0.15, -0.1) is 0 Å². The van der Waals surface area contributed by atoms with Crippen LogP contribution in [0.15, 0.2) is 0 Å². The molecule has 0 radical (unpaired) electrons. The SMILES string of the molecule is CCCC1CCN(CC2CCCC2N)C1. The molecule has 0 aromatic rings. The Bertz CT molecular complexity index is 193. The highest BCUT2D eigenvalue weighted by Crippen LogP contribution is 2.28. The minimum atomic E-state index is 0.496. The van der Waals surface area contributed by atoms with Gasteiger partial charge in [-0.05, 0) is 44.1 Å². The smallest absolute Gasteiger partial charge is 0.00793 e. The topological polar surface area (TPSA) is 29.3 Å². The Kier molecular flexibility index (Phi) is 4.04. The van der Waals surface area contributed by atoms with Crippen LogP contribution in [-0.4, -0.2) is 30.6 Å². The predicted octanol–water partition coefficient (Wildman–Crippen LogP) is 2.24. The van der Waals surface area contributed by atoms with Gasteiger partial charge >= 0.3 is 0 Å². The minimum absolute atomic E-state index is 0.496. The van der Waals surface area contributed by atoms with E-state index in [1.165, 1.54) is 58.2 Å². The van der Waals surface area contributed by atoms with Crippen molar-refractivity contribution in [1.29, 1.82) is 0 Å². The average molecular weight is 210 g/mol. The van der Waals surface area contributed by atoms with Crippen molar-refractivity contribution in [2.24, 2.45) is 17.6 Å². The standard InChI is InChI=1S/C13H26N2/c1-2-4-11-7-8-15(9-11)10-12-5-3-6-13(12)14/h11-13H,2-10,14H2,1H3. The summed E-state index contributed by atoms with van der Waals surface area (Å²) in [6.45, 7) is 6.25. The minimum Gasteiger partial charge on any atom is -0.327 e. The van der Waals surface area contributed by atoms with Gasteiger partial charge in [0.25, 0.3) is 0 Å². The molecule has 2 N–H and O–H groups in total. The van der Waals surface area contributed by atoms with Crippen LogP contribution in [0.5, 0.6) is 0 Å². The molecule has 1 saturated carbocycles. The van der Waals surface area contributed by atoms with Crippen molar-refractivity contribution >= 4 is 0 Å². The van der Waals surface area contributed by atoms with Crippen LogP contribution in [0.2, 0.25) is 0 Å². The maximum absolute atomic E-state index is 6.12. The van der Waals surface area contributed by atoms with Crippen LogP contribution in [0.3, 0.4) is 0 Å². The van der Waals surface area contributed by atoms with Crippen LogP contribution in [0.1, 0.15) is 45.4 Å². The second-order valence-electron chi connectivity index (χ2n) is 5.56. The average Bonchev–Trinajstić information content (AvgIpc) is 2.79. The Hall–Kier alpha value is -0.0800. The van der Waals surface area contributed by atoms with Crippen molar-refractivity contribution < 1.29 is 0 Å². The Morgan fingerprint density at radius 3 is 2.80 bits per heavy atom. The van der Waals surface area contributed by atoms with E-state index >= 15 is 0 Å². The molecule has 1 heterocycles. The molecule has 1 aliphatic heterocycles. The fraction of sp³-hybridized carbons (Fsp3) is 1.00. The Labute approximate surface area is 94.2 Å². The van der Waals surface area contributed by atoms with E-state index < -0.39 is 0 Å². The molecule has 1 saturated heterocycles. The molecule has 15 heavy (non-hydrogen) atoms. The van der Waals surface area contributed by atoms with E-state index in [2.05, 4.69) is 11.8 Å². The van der Waals surface area contributed by atoms with Crippen LogP contribution in [0.25, 0.3) is 0 Å². The summed E-state index contributed by atoms with van der Waals surface area (Å²) in [4.78, 5) is 2.66. The maximum Gasteiger partial charge on any atom is 0.00793 e. The van der Waals surface area contributed by atoms with Crippen LogP contribution in [0.4, 0.5) is 0 Å². The van der Waals surface area contributed by atoms with Gasteiger partial charge in [0.05, 0.1) is 0 Å². The molecule has 1 aliphatic carbocycles. The van der Waals surface area contributed by atoms with E-state index in [0.29, 0.717) is 6.04 Å². The van der Waals surface area contributed by atoms with Gasteiger partial charge in [-0.25, -0.2) is 0 Å². The third-order valence-electron chi connectivity index (χ3n) is 4.28. The lowest BCUT2D eigenvalue weighted by atomic mass is 10.0. The fourth-order valence-electron chi connectivity index (χ4n) is 3.35. The van der Waals surface area contributed by atoms with E-state index in [1.54, 1.807) is 0 Å². The highest BCUT2D eigenvalue weighted by Gasteiger charge is 2.29. The molecule has 0 aromatic carbocycles. The zero-order valence-corrected chi connectivity index (χ0v) is 10.1. The first-order valence-corrected chi connectivity index (χ1v) is 6.77. The second-order valence-corrected chi connectivity index (χ2v) is 5.56. The zero-order valence-electron chi connectivity index (χ0n) is 10.1. The number of hydrogen-bond acceptors (Lipinski definition) is 2. The Balaban J connectivity index is 1.72. The van der Waals surface area contributed by atoms with E-state index in [-0.39, 0.29) is 0 Å². The first-order chi connectivity index (χ1) is 7.29. The molecule has 0 spiro atoms.